The highest BCUT2D eigenvalue weighted by molar-refractivity contribution is 5.62. The van der Waals surface area contributed by atoms with Crippen LogP contribution in [0.4, 0.5) is 0 Å². The van der Waals surface area contributed by atoms with Gasteiger partial charge in [0.15, 0.2) is 0 Å². The van der Waals surface area contributed by atoms with Gasteiger partial charge in [0, 0.05) is 24.7 Å². The summed E-state index contributed by atoms with van der Waals surface area (Å²) in [5.74, 6) is 1.04. The lowest BCUT2D eigenvalue weighted by molar-refractivity contribution is 0.805. The molecule has 0 amide bonds. The number of imidazole rings is 1. The molecular weight excluding hydrogens is 222 g/mol. The maximum absolute atomic E-state index is 5.65. The van der Waals surface area contributed by atoms with Gasteiger partial charge < -0.3 is 10.3 Å². The molecule has 0 unspecified atom stereocenters. The van der Waals surface area contributed by atoms with Crippen LogP contribution in [0, 0.1) is 20.8 Å². The molecule has 1 aromatic heterocycles. The fourth-order valence-electron chi connectivity index (χ4n) is 2.46. The van der Waals surface area contributed by atoms with E-state index in [2.05, 4.69) is 50.6 Å². The number of hydrogen-bond acceptors (Lipinski definition) is 2. The van der Waals surface area contributed by atoms with Crippen LogP contribution >= 0.6 is 0 Å². The van der Waals surface area contributed by atoms with Crippen molar-refractivity contribution in [3.8, 4) is 11.4 Å². The van der Waals surface area contributed by atoms with E-state index in [1.807, 2.05) is 0 Å². The van der Waals surface area contributed by atoms with Gasteiger partial charge in [0.25, 0.3) is 0 Å². The Labute approximate surface area is 109 Å². The summed E-state index contributed by atoms with van der Waals surface area (Å²) in [5.41, 5.74) is 11.7. The Hall–Kier alpha value is -1.61. The first-order valence-corrected chi connectivity index (χ1v) is 6.34. The number of rotatable bonds is 3. The fourth-order valence-corrected chi connectivity index (χ4v) is 2.46. The molecular formula is C15H21N3. The molecule has 0 aliphatic carbocycles. The molecule has 96 valence electrons. The van der Waals surface area contributed by atoms with Crippen molar-refractivity contribution in [1.82, 2.24) is 9.55 Å². The van der Waals surface area contributed by atoms with E-state index in [1.165, 1.54) is 22.4 Å². The number of nitrogens with zero attached hydrogens (tertiary/aromatic N) is 2. The number of benzene rings is 1. The van der Waals surface area contributed by atoms with E-state index in [0.717, 1.165) is 17.9 Å². The zero-order valence-corrected chi connectivity index (χ0v) is 11.6. The molecule has 0 radical (unpaired) electrons. The summed E-state index contributed by atoms with van der Waals surface area (Å²) in [4.78, 5) is 4.70. The lowest BCUT2D eigenvalue weighted by atomic mass is 10.1. The molecule has 3 nitrogen and oxygen atoms in total. The van der Waals surface area contributed by atoms with Crippen molar-refractivity contribution in [3.63, 3.8) is 0 Å². The average Bonchev–Trinajstić information content (AvgIpc) is 2.58. The van der Waals surface area contributed by atoms with Crippen LogP contribution in [0.3, 0.4) is 0 Å². The molecule has 0 saturated heterocycles. The Kier molecular flexibility index (Phi) is 3.53. The molecule has 2 rings (SSSR count). The van der Waals surface area contributed by atoms with Gasteiger partial charge in [-0.25, -0.2) is 4.98 Å². The third-order valence-corrected chi connectivity index (χ3v) is 3.42. The first-order valence-electron chi connectivity index (χ1n) is 6.34. The molecule has 0 bridgehead atoms. The summed E-state index contributed by atoms with van der Waals surface area (Å²) in [6.07, 6.45) is 0.875. The minimum Gasteiger partial charge on any atom is -0.331 e. The number of nitrogens with two attached hydrogens (primary N) is 1. The van der Waals surface area contributed by atoms with E-state index in [0.29, 0.717) is 6.54 Å². The molecule has 3 heteroatoms. The third kappa shape index (κ3) is 2.18. The zero-order chi connectivity index (χ0) is 13.3. The Bertz CT molecular complexity index is 567. The van der Waals surface area contributed by atoms with Gasteiger partial charge in [-0.2, -0.15) is 0 Å². The molecule has 0 aliphatic heterocycles. The van der Waals surface area contributed by atoms with Crippen LogP contribution < -0.4 is 5.73 Å². The molecule has 0 spiro atoms. The average molecular weight is 243 g/mol. The summed E-state index contributed by atoms with van der Waals surface area (Å²) < 4.78 is 2.17. The van der Waals surface area contributed by atoms with E-state index < -0.39 is 0 Å². The largest absolute Gasteiger partial charge is 0.331 e. The molecule has 2 N–H and O–H groups in total. The number of aryl methyl sites for hydroxylation is 3. The van der Waals surface area contributed by atoms with Crippen molar-refractivity contribution in [2.45, 2.75) is 27.2 Å². The van der Waals surface area contributed by atoms with Crippen molar-refractivity contribution in [2.24, 2.45) is 12.8 Å². The maximum Gasteiger partial charge on any atom is 0.140 e. The van der Waals surface area contributed by atoms with Gasteiger partial charge in [0.1, 0.15) is 5.82 Å². The third-order valence-electron chi connectivity index (χ3n) is 3.42. The van der Waals surface area contributed by atoms with Gasteiger partial charge in [-0.05, 0) is 32.9 Å². The van der Waals surface area contributed by atoms with Crippen LogP contribution in [0.2, 0.25) is 0 Å². The van der Waals surface area contributed by atoms with Gasteiger partial charge in [-0.1, -0.05) is 23.8 Å². The summed E-state index contributed by atoms with van der Waals surface area (Å²) in [6.45, 7) is 6.96. The van der Waals surface area contributed by atoms with Gasteiger partial charge in [-0.3, -0.25) is 0 Å². The monoisotopic (exact) mass is 243 g/mol. The minimum absolute atomic E-state index is 0.659. The Morgan fingerprint density at radius 2 is 1.94 bits per heavy atom. The highest BCUT2D eigenvalue weighted by Gasteiger charge is 2.13. The maximum atomic E-state index is 5.65. The Morgan fingerprint density at radius 1 is 1.22 bits per heavy atom. The second kappa shape index (κ2) is 4.94. The van der Waals surface area contributed by atoms with Crippen molar-refractivity contribution in [3.05, 3.63) is 40.7 Å². The highest BCUT2D eigenvalue weighted by atomic mass is 15.1. The van der Waals surface area contributed by atoms with Crippen LogP contribution in [0.15, 0.2) is 18.2 Å². The lowest BCUT2D eigenvalue weighted by Crippen LogP contribution is -2.08. The van der Waals surface area contributed by atoms with Crippen LogP contribution in [0.1, 0.15) is 22.5 Å². The SMILES string of the molecule is Cc1ccc(-c2nc(C)c(CCN)n2C)c(C)c1. The standard InChI is InChI=1S/C15H21N3/c1-10-5-6-13(11(2)9-10)15-17-12(3)14(7-8-16)18(15)4/h5-6,9H,7-8,16H2,1-4H3. The number of hydrogen-bond donors (Lipinski definition) is 1. The first kappa shape index (κ1) is 12.8. The summed E-state index contributed by atoms with van der Waals surface area (Å²) >= 11 is 0. The van der Waals surface area contributed by atoms with Crippen LogP contribution in [0.5, 0.6) is 0 Å². The predicted molar refractivity (Wildman–Crippen MR) is 75.6 cm³/mol. The molecule has 1 heterocycles. The minimum atomic E-state index is 0.659. The molecule has 0 atom stereocenters. The highest BCUT2D eigenvalue weighted by Crippen LogP contribution is 2.25. The first-order chi connectivity index (χ1) is 8.54. The predicted octanol–water partition coefficient (Wildman–Crippen LogP) is 2.51. The zero-order valence-electron chi connectivity index (χ0n) is 11.6. The molecule has 1 aromatic carbocycles. The van der Waals surface area contributed by atoms with Gasteiger partial charge in [-0.15, -0.1) is 0 Å². The molecule has 2 aromatic rings. The van der Waals surface area contributed by atoms with E-state index in [9.17, 15) is 0 Å². The lowest BCUT2D eigenvalue weighted by Gasteiger charge is -2.08. The van der Waals surface area contributed by atoms with Crippen molar-refractivity contribution < 1.29 is 0 Å². The van der Waals surface area contributed by atoms with Crippen molar-refractivity contribution in [2.75, 3.05) is 6.54 Å². The molecule has 0 saturated carbocycles. The molecule has 0 aliphatic rings. The summed E-state index contributed by atoms with van der Waals surface area (Å²) in [6, 6.07) is 6.48. The van der Waals surface area contributed by atoms with Gasteiger partial charge >= 0.3 is 0 Å². The quantitative estimate of drug-likeness (QED) is 0.900. The second-order valence-corrected chi connectivity index (χ2v) is 4.88. The Morgan fingerprint density at radius 3 is 2.56 bits per heavy atom. The van der Waals surface area contributed by atoms with Crippen molar-refractivity contribution >= 4 is 0 Å². The Balaban J connectivity index is 2.54. The summed E-state index contributed by atoms with van der Waals surface area (Å²) in [5, 5.41) is 0. The van der Waals surface area contributed by atoms with E-state index >= 15 is 0 Å². The van der Waals surface area contributed by atoms with E-state index in [1.54, 1.807) is 0 Å². The van der Waals surface area contributed by atoms with E-state index in [-0.39, 0.29) is 0 Å². The second-order valence-electron chi connectivity index (χ2n) is 4.88. The van der Waals surface area contributed by atoms with Crippen LogP contribution in [0.25, 0.3) is 11.4 Å². The van der Waals surface area contributed by atoms with Crippen molar-refractivity contribution in [1.29, 1.82) is 0 Å². The normalized spacial score (nSPS) is 10.9. The molecule has 0 fully saturated rings. The number of aromatic nitrogens is 2. The van der Waals surface area contributed by atoms with E-state index in [4.69, 9.17) is 10.7 Å². The van der Waals surface area contributed by atoms with Gasteiger partial charge in [0.2, 0.25) is 0 Å². The fraction of sp³-hybridized carbons (Fsp3) is 0.400. The van der Waals surface area contributed by atoms with Crippen LogP contribution in [-0.2, 0) is 13.5 Å². The topological polar surface area (TPSA) is 43.8 Å². The summed E-state index contributed by atoms with van der Waals surface area (Å²) in [7, 11) is 2.07. The van der Waals surface area contributed by atoms with Crippen LogP contribution in [-0.4, -0.2) is 16.1 Å². The molecule has 18 heavy (non-hydrogen) atoms. The smallest absolute Gasteiger partial charge is 0.140 e. The van der Waals surface area contributed by atoms with Gasteiger partial charge in [0.05, 0.1) is 5.69 Å².